The summed E-state index contributed by atoms with van der Waals surface area (Å²) >= 11 is 13.7. The van der Waals surface area contributed by atoms with Crippen LogP contribution in [0.25, 0.3) is 22.5 Å². The lowest BCUT2D eigenvalue weighted by molar-refractivity contribution is -0.119. The topological polar surface area (TPSA) is 126 Å². The number of carbonyl (C=O) groups excluding carboxylic acids is 2. The normalized spacial score (nSPS) is 16.0. The minimum absolute atomic E-state index is 0.00667. The number of benzene rings is 1. The second kappa shape index (κ2) is 15.2. The van der Waals surface area contributed by atoms with Crippen LogP contribution in [-0.4, -0.2) is 75.7 Å². The van der Waals surface area contributed by atoms with Crippen LogP contribution in [0.2, 0.25) is 10.0 Å². The predicted molar refractivity (Wildman–Crippen MR) is 183 cm³/mol. The third-order valence-electron chi connectivity index (χ3n) is 8.82. The Labute approximate surface area is 292 Å². The fourth-order valence-corrected chi connectivity index (χ4v) is 6.84. The van der Waals surface area contributed by atoms with Crippen molar-refractivity contribution in [1.82, 2.24) is 35.1 Å². The van der Waals surface area contributed by atoms with E-state index in [0.717, 1.165) is 24.4 Å². The second-order valence-corrected chi connectivity index (χ2v) is 12.8. The maximum Gasteiger partial charge on any atom is 0.291 e. The highest BCUT2D eigenvalue weighted by molar-refractivity contribution is 6.39. The molecule has 1 atom stereocenters. The third kappa shape index (κ3) is 7.40. The number of rotatable bonds is 12. The molecule has 1 aromatic carbocycles. The van der Waals surface area contributed by atoms with E-state index in [4.69, 9.17) is 27.9 Å². The molecular weight excluding hydrogens is 677 g/mol. The van der Waals surface area contributed by atoms with Crippen molar-refractivity contribution in [3.63, 3.8) is 0 Å². The number of ether oxygens (including phenoxy) is 1. The number of hydrogen-bond donors (Lipinski definition) is 3. The Morgan fingerprint density at radius 2 is 2.00 bits per heavy atom. The molecule has 0 aliphatic carbocycles. The Balaban J connectivity index is 1.22. The maximum absolute atomic E-state index is 15.5. The Bertz CT molecular complexity index is 1890. The number of fused-ring (bicyclic) bond motifs is 1. The smallest absolute Gasteiger partial charge is 0.291 e. The molecule has 15 heteroatoms. The van der Waals surface area contributed by atoms with Crippen molar-refractivity contribution in [1.29, 1.82) is 0 Å². The summed E-state index contributed by atoms with van der Waals surface area (Å²) in [5.74, 6) is -0.628. The average molecular weight is 714 g/mol. The van der Waals surface area contributed by atoms with Crippen molar-refractivity contribution in [2.24, 2.45) is 7.05 Å². The molecule has 6 rings (SSSR count). The maximum atomic E-state index is 15.5. The van der Waals surface area contributed by atoms with Crippen molar-refractivity contribution in [2.75, 3.05) is 38.7 Å². The Kier molecular flexibility index (Phi) is 10.7. The van der Waals surface area contributed by atoms with Gasteiger partial charge in [0.2, 0.25) is 11.8 Å². The van der Waals surface area contributed by atoms with E-state index in [9.17, 15) is 14.0 Å². The van der Waals surface area contributed by atoms with Crippen LogP contribution in [-0.2, 0) is 31.4 Å². The summed E-state index contributed by atoms with van der Waals surface area (Å²) in [7, 11) is 3.21. The van der Waals surface area contributed by atoms with Crippen LogP contribution >= 0.6 is 23.2 Å². The van der Waals surface area contributed by atoms with Gasteiger partial charge in [0.1, 0.15) is 5.82 Å². The number of nitrogens with zero attached hydrogens (tertiary/aromatic N) is 5. The van der Waals surface area contributed by atoms with Crippen LogP contribution in [0.1, 0.15) is 46.8 Å². The molecule has 49 heavy (non-hydrogen) atoms. The van der Waals surface area contributed by atoms with Crippen molar-refractivity contribution in [3.8, 4) is 28.4 Å². The van der Waals surface area contributed by atoms with E-state index in [2.05, 4.69) is 35.8 Å². The zero-order valence-corrected chi connectivity index (χ0v) is 28.6. The van der Waals surface area contributed by atoms with Gasteiger partial charge < -0.3 is 25.3 Å². The van der Waals surface area contributed by atoms with Crippen molar-refractivity contribution in [2.45, 2.75) is 44.8 Å². The van der Waals surface area contributed by atoms with Gasteiger partial charge in [-0.3, -0.25) is 23.9 Å². The van der Waals surface area contributed by atoms with Crippen LogP contribution in [0.15, 0.2) is 36.5 Å². The average Bonchev–Trinajstić information content (AvgIpc) is 3.67. The van der Waals surface area contributed by atoms with Gasteiger partial charge in [0.25, 0.3) is 5.91 Å². The van der Waals surface area contributed by atoms with E-state index in [1.54, 1.807) is 35.9 Å². The summed E-state index contributed by atoms with van der Waals surface area (Å²) in [6, 6.07) is 8.00. The predicted octanol–water partition coefficient (Wildman–Crippen LogP) is 5.34. The monoisotopic (exact) mass is 712 g/mol. The third-order valence-corrected chi connectivity index (χ3v) is 9.61. The first kappa shape index (κ1) is 34.7. The number of alkyl halides is 1. The number of hydrogen-bond acceptors (Lipinski definition) is 8. The molecule has 1 fully saturated rings. The molecule has 2 aliphatic rings. The van der Waals surface area contributed by atoms with E-state index in [0.29, 0.717) is 61.4 Å². The van der Waals surface area contributed by atoms with Gasteiger partial charge in [0.15, 0.2) is 5.82 Å². The molecule has 0 unspecified atom stereocenters. The lowest BCUT2D eigenvalue weighted by Gasteiger charge is -2.26. The first-order valence-electron chi connectivity index (χ1n) is 16.0. The molecular formula is C34H36Cl2F2N8O3. The lowest BCUT2D eigenvalue weighted by atomic mass is 10.0. The van der Waals surface area contributed by atoms with Crippen LogP contribution in [0, 0.1) is 5.82 Å². The van der Waals surface area contributed by atoms with Gasteiger partial charge in [-0.1, -0.05) is 35.3 Å². The van der Waals surface area contributed by atoms with Gasteiger partial charge in [-0.15, -0.1) is 0 Å². The summed E-state index contributed by atoms with van der Waals surface area (Å²) in [6.45, 7) is 2.23. The number of halogens is 4. The number of carbonyl (C=O) groups is 2. The van der Waals surface area contributed by atoms with Gasteiger partial charge in [0.05, 0.1) is 52.2 Å². The first-order valence-corrected chi connectivity index (χ1v) is 16.7. The molecule has 4 aromatic rings. The molecule has 2 aliphatic heterocycles. The van der Waals surface area contributed by atoms with Crippen LogP contribution in [0.5, 0.6) is 5.88 Å². The summed E-state index contributed by atoms with van der Waals surface area (Å²) in [6.07, 6.45) is 3.89. The Morgan fingerprint density at radius 1 is 1.16 bits per heavy atom. The molecule has 0 bridgehead atoms. The van der Waals surface area contributed by atoms with Gasteiger partial charge in [0, 0.05) is 87.7 Å². The SMILES string of the molecule is COc1nc(-c2ccnc(-c3cccc(NC(=O)c4nc5c(n4C)CCN(CCCF)C5)c3Cl)c2Cl)cc(F)c1CNC[C@@H]1CCC(=O)N1. The minimum Gasteiger partial charge on any atom is -0.481 e. The van der Waals surface area contributed by atoms with Crippen molar-refractivity contribution >= 4 is 40.7 Å². The number of aromatic nitrogens is 4. The number of amides is 2. The zero-order valence-electron chi connectivity index (χ0n) is 27.1. The standard InChI is InChI=1S/C34H36Cl2F2N8O3/c1-45-27-10-14-46(13-4-11-37)18-26(27)42-32(45)33(48)43-24-6-3-5-21(29(24)35)31-30(36)20(9-12-40-31)25-15-23(38)22(34(44-25)49-2)17-39-16-19-7-8-28(47)41-19/h3,5-6,9,12,15,19,39H,4,7-8,10-11,13-14,16-18H2,1-2H3,(H,41,47)(H,43,48)/t19-/m0/s1. The fraction of sp³-hybridized carbons (Fsp3) is 0.382. The van der Waals surface area contributed by atoms with Gasteiger partial charge in [-0.2, -0.15) is 0 Å². The molecule has 0 spiro atoms. The summed E-state index contributed by atoms with van der Waals surface area (Å²) < 4.78 is 35.4. The summed E-state index contributed by atoms with van der Waals surface area (Å²) in [4.78, 5) is 40.7. The van der Waals surface area contributed by atoms with Gasteiger partial charge in [-0.05, 0) is 25.0 Å². The number of nitrogens with one attached hydrogen (secondary N) is 3. The number of anilines is 1. The second-order valence-electron chi connectivity index (χ2n) is 12.0. The number of pyridine rings is 2. The first-order chi connectivity index (χ1) is 23.7. The van der Waals surface area contributed by atoms with Crippen LogP contribution in [0.4, 0.5) is 14.5 Å². The molecule has 5 heterocycles. The van der Waals surface area contributed by atoms with Gasteiger partial charge in [-0.25, -0.2) is 14.4 Å². The van der Waals surface area contributed by atoms with E-state index < -0.39 is 11.7 Å². The summed E-state index contributed by atoms with van der Waals surface area (Å²) in [5, 5.41) is 9.29. The summed E-state index contributed by atoms with van der Waals surface area (Å²) in [5.41, 5.74) is 3.75. The van der Waals surface area contributed by atoms with Crippen LogP contribution < -0.4 is 20.7 Å². The largest absolute Gasteiger partial charge is 0.481 e. The Morgan fingerprint density at radius 3 is 2.76 bits per heavy atom. The fourth-order valence-electron chi connectivity index (χ4n) is 6.27. The molecule has 258 valence electrons. The van der Waals surface area contributed by atoms with E-state index in [-0.39, 0.29) is 58.2 Å². The molecule has 0 saturated carbocycles. The molecule has 3 N–H and O–H groups in total. The lowest BCUT2D eigenvalue weighted by Crippen LogP contribution is -2.35. The van der Waals surface area contributed by atoms with Crippen LogP contribution in [0.3, 0.4) is 0 Å². The minimum atomic E-state index is -0.537. The molecule has 2 amide bonds. The Hall–Kier alpha value is -4.17. The number of methoxy groups -OCH3 is 1. The highest BCUT2D eigenvalue weighted by atomic mass is 35.5. The van der Waals surface area contributed by atoms with E-state index in [1.165, 1.54) is 19.4 Å². The number of imidazole rings is 1. The highest BCUT2D eigenvalue weighted by Crippen LogP contribution is 2.40. The zero-order chi connectivity index (χ0) is 34.7. The van der Waals surface area contributed by atoms with E-state index >= 15 is 4.39 Å². The molecule has 3 aromatic heterocycles. The highest BCUT2D eigenvalue weighted by Gasteiger charge is 2.27. The molecule has 1 saturated heterocycles. The quantitative estimate of drug-likeness (QED) is 0.180. The molecule has 11 nitrogen and oxygen atoms in total. The van der Waals surface area contributed by atoms with E-state index in [1.807, 2.05) is 0 Å². The van der Waals surface area contributed by atoms with Crippen molar-refractivity contribution in [3.05, 3.63) is 75.2 Å². The van der Waals surface area contributed by atoms with Crippen molar-refractivity contribution < 1.29 is 23.1 Å². The molecule has 0 radical (unpaired) electrons. The van der Waals surface area contributed by atoms with Gasteiger partial charge >= 0.3 is 0 Å².